The summed E-state index contributed by atoms with van der Waals surface area (Å²) in [5.74, 6) is 1.44. The minimum Gasteiger partial charge on any atom is -0.381 e. The van der Waals surface area contributed by atoms with Crippen molar-refractivity contribution in [3.8, 4) is 0 Å². The van der Waals surface area contributed by atoms with Crippen molar-refractivity contribution in [1.82, 2.24) is 9.80 Å². The van der Waals surface area contributed by atoms with Crippen molar-refractivity contribution in [1.29, 1.82) is 0 Å². The molecule has 2 heterocycles. The number of rotatable bonds is 4. The van der Waals surface area contributed by atoms with Crippen molar-refractivity contribution in [3.05, 3.63) is 0 Å². The molecule has 1 amide bonds. The summed E-state index contributed by atoms with van der Waals surface area (Å²) in [6, 6.07) is 0.248. The standard InChI is InChI=1S/C16H29N3O2.2ClH/c17-15-3-1-2-14(15)10-16(20)19-7-5-18(6-8-19)11-13-4-9-21-12-13;;/h13-15H,1-12,17H2;2*1H/t13?,14-,15+;;/m0../s1. The summed E-state index contributed by atoms with van der Waals surface area (Å²) in [6.45, 7) is 6.76. The number of hydrogen-bond donors (Lipinski definition) is 1. The largest absolute Gasteiger partial charge is 0.381 e. The summed E-state index contributed by atoms with van der Waals surface area (Å²) in [4.78, 5) is 16.9. The van der Waals surface area contributed by atoms with Crippen molar-refractivity contribution in [3.63, 3.8) is 0 Å². The van der Waals surface area contributed by atoms with Crippen LogP contribution in [-0.4, -0.2) is 67.7 Å². The molecule has 0 bridgehead atoms. The monoisotopic (exact) mass is 367 g/mol. The van der Waals surface area contributed by atoms with Crippen molar-refractivity contribution in [2.75, 3.05) is 45.9 Å². The summed E-state index contributed by atoms with van der Waals surface area (Å²) < 4.78 is 5.44. The summed E-state index contributed by atoms with van der Waals surface area (Å²) in [7, 11) is 0. The number of nitrogens with two attached hydrogens (primary N) is 1. The van der Waals surface area contributed by atoms with E-state index in [9.17, 15) is 4.79 Å². The molecule has 136 valence electrons. The first-order valence-electron chi connectivity index (χ1n) is 8.56. The van der Waals surface area contributed by atoms with Gasteiger partial charge in [-0.2, -0.15) is 0 Å². The van der Waals surface area contributed by atoms with E-state index in [0.717, 1.165) is 58.8 Å². The molecule has 0 aromatic carbocycles. The van der Waals surface area contributed by atoms with Crippen molar-refractivity contribution < 1.29 is 9.53 Å². The first-order valence-corrected chi connectivity index (χ1v) is 8.56. The van der Waals surface area contributed by atoms with Crippen molar-refractivity contribution >= 4 is 30.7 Å². The number of halogens is 2. The molecule has 3 rings (SSSR count). The summed E-state index contributed by atoms with van der Waals surface area (Å²) in [5, 5.41) is 0. The highest BCUT2D eigenvalue weighted by molar-refractivity contribution is 5.85. The molecule has 2 aliphatic heterocycles. The smallest absolute Gasteiger partial charge is 0.222 e. The van der Waals surface area contributed by atoms with Gasteiger partial charge in [-0.05, 0) is 31.1 Å². The third-order valence-electron chi connectivity index (χ3n) is 5.42. The maximum absolute atomic E-state index is 12.4. The first-order chi connectivity index (χ1) is 10.2. The fourth-order valence-corrected chi connectivity index (χ4v) is 3.94. The number of ether oxygens (including phenoxy) is 1. The molecule has 1 saturated carbocycles. The molecule has 23 heavy (non-hydrogen) atoms. The number of nitrogens with zero attached hydrogens (tertiary/aromatic N) is 2. The molecule has 0 aromatic heterocycles. The second-order valence-electron chi connectivity index (χ2n) is 6.97. The Hall–Kier alpha value is -0.0700. The average molecular weight is 368 g/mol. The zero-order valence-electron chi connectivity index (χ0n) is 13.8. The molecule has 3 atom stereocenters. The fraction of sp³-hybridized carbons (Fsp3) is 0.938. The van der Waals surface area contributed by atoms with Gasteiger partial charge < -0.3 is 15.4 Å². The Labute approximate surface area is 152 Å². The lowest BCUT2D eigenvalue weighted by molar-refractivity contribution is -0.134. The molecule has 3 fully saturated rings. The number of hydrogen-bond acceptors (Lipinski definition) is 4. The lowest BCUT2D eigenvalue weighted by Gasteiger charge is -2.36. The number of carbonyl (C=O) groups is 1. The Morgan fingerprint density at radius 1 is 1.09 bits per heavy atom. The van der Waals surface area contributed by atoms with Gasteiger partial charge in [0.05, 0.1) is 6.61 Å². The van der Waals surface area contributed by atoms with Crippen molar-refractivity contribution in [2.45, 2.75) is 38.1 Å². The molecular formula is C16H31Cl2N3O2. The molecule has 2 saturated heterocycles. The van der Waals surface area contributed by atoms with Crippen LogP contribution in [0.1, 0.15) is 32.1 Å². The average Bonchev–Trinajstić information content (AvgIpc) is 3.12. The van der Waals surface area contributed by atoms with Crippen molar-refractivity contribution in [2.24, 2.45) is 17.6 Å². The molecule has 0 spiro atoms. The van der Waals surface area contributed by atoms with Crippen LogP contribution in [0.15, 0.2) is 0 Å². The van der Waals surface area contributed by atoms with Gasteiger partial charge in [-0.15, -0.1) is 24.8 Å². The Kier molecular flexibility index (Phi) is 9.16. The predicted octanol–water partition coefficient (Wildman–Crippen LogP) is 1.53. The maximum atomic E-state index is 12.4. The quantitative estimate of drug-likeness (QED) is 0.818. The zero-order valence-corrected chi connectivity index (χ0v) is 15.5. The highest BCUT2D eigenvalue weighted by atomic mass is 35.5. The van der Waals surface area contributed by atoms with Gasteiger partial charge in [-0.1, -0.05) is 6.42 Å². The zero-order chi connectivity index (χ0) is 14.7. The molecule has 1 unspecified atom stereocenters. The third kappa shape index (κ3) is 5.75. The van der Waals surface area contributed by atoms with Gasteiger partial charge in [0.1, 0.15) is 0 Å². The molecular weight excluding hydrogens is 337 g/mol. The van der Waals surface area contributed by atoms with E-state index in [2.05, 4.69) is 4.90 Å². The van der Waals surface area contributed by atoms with Crippen LogP contribution in [0.3, 0.4) is 0 Å². The number of piperazine rings is 1. The second-order valence-corrected chi connectivity index (χ2v) is 6.97. The molecule has 5 nitrogen and oxygen atoms in total. The van der Waals surface area contributed by atoms with Crippen LogP contribution in [-0.2, 0) is 9.53 Å². The van der Waals surface area contributed by atoms with Gasteiger partial charge in [0.2, 0.25) is 5.91 Å². The molecule has 3 aliphatic rings. The Balaban J connectivity index is 0.00000132. The Morgan fingerprint density at radius 2 is 1.83 bits per heavy atom. The highest BCUT2D eigenvalue weighted by Gasteiger charge is 2.30. The molecule has 2 N–H and O–H groups in total. The van der Waals surface area contributed by atoms with Crippen LogP contribution in [0, 0.1) is 11.8 Å². The minimum atomic E-state index is 0. The summed E-state index contributed by atoms with van der Waals surface area (Å²) >= 11 is 0. The topological polar surface area (TPSA) is 58.8 Å². The van der Waals surface area contributed by atoms with E-state index in [1.54, 1.807) is 0 Å². The van der Waals surface area contributed by atoms with E-state index >= 15 is 0 Å². The minimum absolute atomic E-state index is 0. The van der Waals surface area contributed by atoms with E-state index in [1.165, 1.54) is 12.8 Å². The van der Waals surface area contributed by atoms with Crippen LogP contribution in [0.25, 0.3) is 0 Å². The van der Waals surface area contributed by atoms with Crippen LogP contribution < -0.4 is 5.73 Å². The molecule has 0 radical (unpaired) electrons. The third-order valence-corrected chi connectivity index (χ3v) is 5.42. The molecule has 0 aromatic rings. The SMILES string of the molecule is Cl.Cl.N[C@@H]1CCC[C@H]1CC(=O)N1CCN(CC2CCOC2)CC1. The fourth-order valence-electron chi connectivity index (χ4n) is 3.94. The summed E-state index contributed by atoms with van der Waals surface area (Å²) in [6.07, 6.45) is 5.27. The van der Waals surface area contributed by atoms with Gasteiger partial charge in [-0.25, -0.2) is 0 Å². The highest BCUT2D eigenvalue weighted by Crippen LogP contribution is 2.27. The van der Waals surface area contributed by atoms with Crippen LogP contribution in [0.2, 0.25) is 0 Å². The second kappa shape index (κ2) is 10.0. The van der Waals surface area contributed by atoms with Crippen LogP contribution in [0.5, 0.6) is 0 Å². The van der Waals surface area contributed by atoms with E-state index in [4.69, 9.17) is 10.5 Å². The van der Waals surface area contributed by atoms with E-state index in [1.807, 2.05) is 4.90 Å². The Bertz CT molecular complexity index is 359. The van der Waals surface area contributed by atoms with Crippen LogP contribution >= 0.6 is 24.8 Å². The van der Waals surface area contributed by atoms with Gasteiger partial charge in [0.15, 0.2) is 0 Å². The first kappa shape index (κ1) is 21.0. The lowest BCUT2D eigenvalue weighted by atomic mass is 9.99. The molecule has 7 heteroatoms. The van der Waals surface area contributed by atoms with Gasteiger partial charge in [0, 0.05) is 51.8 Å². The molecule has 1 aliphatic carbocycles. The number of carbonyl (C=O) groups excluding carboxylic acids is 1. The van der Waals surface area contributed by atoms with Gasteiger partial charge in [-0.3, -0.25) is 9.69 Å². The normalized spacial score (nSPS) is 31.5. The van der Waals surface area contributed by atoms with Crippen LogP contribution in [0.4, 0.5) is 0 Å². The predicted molar refractivity (Wildman–Crippen MR) is 96.4 cm³/mol. The summed E-state index contributed by atoms with van der Waals surface area (Å²) in [5.41, 5.74) is 6.08. The van der Waals surface area contributed by atoms with E-state index in [0.29, 0.717) is 24.2 Å². The van der Waals surface area contributed by atoms with Gasteiger partial charge >= 0.3 is 0 Å². The van der Waals surface area contributed by atoms with Gasteiger partial charge in [0.25, 0.3) is 0 Å². The maximum Gasteiger partial charge on any atom is 0.222 e. The van der Waals surface area contributed by atoms with E-state index < -0.39 is 0 Å². The Morgan fingerprint density at radius 3 is 2.39 bits per heavy atom. The van der Waals surface area contributed by atoms with E-state index in [-0.39, 0.29) is 30.9 Å². The number of amides is 1. The lowest BCUT2D eigenvalue weighted by Crippen LogP contribution is -2.50.